The van der Waals surface area contributed by atoms with Crippen LogP contribution in [0.1, 0.15) is 44.9 Å². The van der Waals surface area contributed by atoms with Gasteiger partial charge >= 0.3 is 0 Å². The van der Waals surface area contributed by atoms with E-state index in [1.54, 1.807) is 0 Å². The Kier molecular flexibility index (Phi) is 3.96. The maximum atomic E-state index is 12.7. The molecule has 1 spiro atoms. The lowest BCUT2D eigenvalue weighted by Gasteiger charge is -2.31. The highest BCUT2D eigenvalue weighted by Gasteiger charge is 2.46. The zero-order valence-corrected chi connectivity index (χ0v) is 12.0. The minimum Gasteiger partial charge on any atom is -0.379 e. The standard InChI is InChI=1S/C15H24N2O3/c18-13-5-8-17(9-10-20-11-12-3-4-12)14(19)15(16-13)6-1-2-7-15/h12H,1-11H2,(H,16,18). The van der Waals surface area contributed by atoms with Gasteiger partial charge in [-0.25, -0.2) is 0 Å². The first-order valence-electron chi connectivity index (χ1n) is 7.88. The van der Waals surface area contributed by atoms with Gasteiger partial charge in [-0.3, -0.25) is 9.59 Å². The van der Waals surface area contributed by atoms with Gasteiger partial charge in [0.2, 0.25) is 11.8 Å². The third kappa shape index (κ3) is 2.97. The molecule has 3 rings (SSSR count). The molecule has 2 amide bonds. The van der Waals surface area contributed by atoms with Gasteiger partial charge < -0.3 is 15.0 Å². The van der Waals surface area contributed by atoms with Crippen molar-refractivity contribution in [2.75, 3.05) is 26.3 Å². The predicted molar refractivity (Wildman–Crippen MR) is 74.1 cm³/mol. The Morgan fingerprint density at radius 1 is 1.25 bits per heavy atom. The van der Waals surface area contributed by atoms with Crippen LogP contribution < -0.4 is 5.32 Å². The summed E-state index contributed by atoms with van der Waals surface area (Å²) in [6.45, 7) is 2.55. The molecule has 0 unspecified atom stereocenters. The van der Waals surface area contributed by atoms with E-state index in [-0.39, 0.29) is 11.8 Å². The summed E-state index contributed by atoms with van der Waals surface area (Å²) >= 11 is 0. The molecular formula is C15H24N2O3. The average molecular weight is 280 g/mol. The van der Waals surface area contributed by atoms with Crippen molar-refractivity contribution in [1.82, 2.24) is 10.2 Å². The van der Waals surface area contributed by atoms with Crippen LogP contribution in [0.5, 0.6) is 0 Å². The third-order valence-corrected chi connectivity index (χ3v) is 4.70. The monoisotopic (exact) mass is 280 g/mol. The molecule has 1 aliphatic heterocycles. The summed E-state index contributed by atoms with van der Waals surface area (Å²) in [7, 11) is 0. The first kappa shape index (κ1) is 13.9. The van der Waals surface area contributed by atoms with Crippen molar-refractivity contribution in [3.05, 3.63) is 0 Å². The average Bonchev–Trinajstić information content (AvgIpc) is 3.16. The first-order valence-corrected chi connectivity index (χ1v) is 7.88. The van der Waals surface area contributed by atoms with E-state index >= 15 is 0 Å². The van der Waals surface area contributed by atoms with Gasteiger partial charge in [0, 0.05) is 26.1 Å². The fourth-order valence-corrected chi connectivity index (χ4v) is 3.26. The zero-order chi connectivity index (χ0) is 14.0. The molecule has 0 aromatic carbocycles. The maximum absolute atomic E-state index is 12.7. The highest BCUT2D eigenvalue weighted by Crippen LogP contribution is 2.33. The number of nitrogens with one attached hydrogen (secondary N) is 1. The van der Waals surface area contributed by atoms with Crippen LogP contribution in [0.25, 0.3) is 0 Å². The normalized spacial score (nSPS) is 25.9. The Balaban J connectivity index is 1.57. The number of hydrogen-bond acceptors (Lipinski definition) is 3. The molecule has 1 N–H and O–H groups in total. The number of nitrogens with zero attached hydrogens (tertiary/aromatic N) is 1. The van der Waals surface area contributed by atoms with Crippen molar-refractivity contribution in [2.24, 2.45) is 5.92 Å². The largest absolute Gasteiger partial charge is 0.379 e. The van der Waals surface area contributed by atoms with Crippen LogP contribution in [0.2, 0.25) is 0 Å². The van der Waals surface area contributed by atoms with E-state index in [9.17, 15) is 9.59 Å². The molecular weight excluding hydrogens is 256 g/mol. The molecule has 112 valence electrons. The van der Waals surface area contributed by atoms with Crippen LogP contribution in [0, 0.1) is 5.92 Å². The molecule has 2 aliphatic carbocycles. The molecule has 3 fully saturated rings. The topological polar surface area (TPSA) is 58.6 Å². The van der Waals surface area contributed by atoms with Crippen molar-refractivity contribution in [2.45, 2.75) is 50.5 Å². The van der Waals surface area contributed by atoms with E-state index in [2.05, 4.69) is 5.32 Å². The lowest BCUT2D eigenvalue weighted by molar-refractivity contribution is -0.139. The van der Waals surface area contributed by atoms with E-state index in [4.69, 9.17) is 4.74 Å². The first-order chi connectivity index (χ1) is 9.70. The molecule has 0 bridgehead atoms. The number of ether oxygens (including phenoxy) is 1. The minimum atomic E-state index is -0.607. The van der Waals surface area contributed by atoms with Crippen molar-refractivity contribution < 1.29 is 14.3 Å². The molecule has 1 saturated heterocycles. The fourth-order valence-electron chi connectivity index (χ4n) is 3.26. The van der Waals surface area contributed by atoms with Gasteiger partial charge in [-0.1, -0.05) is 12.8 Å². The Labute approximate surface area is 120 Å². The van der Waals surface area contributed by atoms with E-state index in [0.29, 0.717) is 26.1 Å². The van der Waals surface area contributed by atoms with Gasteiger partial charge in [0.15, 0.2) is 0 Å². The zero-order valence-electron chi connectivity index (χ0n) is 12.0. The van der Waals surface area contributed by atoms with Gasteiger partial charge in [-0.05, 0) is 31.6 Å². The summed E-state index contributed by atoms with van der Waals surface area (Å²) in [4.78, 5) is 26.4. The Morgan fingerprint density at radius 3 is 2.70 bits per heavy atom. The van der Waals surface area contributed by atoms with Crippen LogP contribution in [-0.2, 0) is 14.3 Å². The molecule has 3 aliphatic rings. The van der Waals surface area contributed by atoms with Crippen molar-refractivity contribution in [3.8, 4) is 0 Å². The van der Waals surface area contributed by atoms with E-state index < -0.39 is 5.54 Å². The quantitative estimate of drug-likeness (QED) is 0.767. The van der Waals surface area contributed by atoms with Crippen molar-refractivity contribution in [1.29, 1.82) is 0 Å². The van der Waals surface area contributed by atoms with Gasteiger partial charge in [0.05, 0.1) is 6.61 Å². The molecule has 0 aromatic rings. The molecule has 2 saturated carbocycles. The second kappa shape index (κ2) is 5.72. The summed E-state index contributed by atoms with van der Waals surface area (Å²) < 4.78 is 5.63. The molecule has 20 heavy (non-hydrogen) atoms. The SMILES string of the molecule is O=C1CCN(CCOCC2CC2)C(=O)C2(CCCC2)N1. The van der Waals surface area contributed by atoms with Crippen LogP contribution in [-0.4, -0.2) is 48.6 Å². The molecule has 5 nitrogen and oxygen atoms in total. The Morgan fingerprint density at radius 2 is 2.00 bits per heavy atom. The number of hydrogen-bond donors (Lipinski definition) is 1. The van der Waals surface area contributed by atoms with E-state index in [0.717, 1.165) is 38.2 Å². The summed E-state index contributed by atoms with van der Waals surface area (Å²) in [5.74, 6) is 0.872. The molecule has 0 atom stereocenters. The highest BCUT2D eigenvalue weighted by molar-refractivity contribution is 5.93. The maximum Gasteiger partial charge on any atom is 0.248 e. The second-order valence-electron chi connectivity index (χ2n) is 6.40. The van der Waals surface area contributed by atoms with Crippen LogP contribution in [0.15, 0.2) is 0 Å². The lowest BCUT2D eigenvalue weighted by Crippen LogP contribution is -2.55. The number of carbonyl (C=O) groups excluding carboxylic acids is 2. The van der Waals surface area contributed by atoms with Crippen molar-refractivity contribution >= 4 is 11.8 Å². The van der Waals surface area contributed by atoms with Gasteiger partial charge in [0.25, 0.3) is 0 Å². The number of carbonyl (C=O) groups is 2. The van der Waals surface area contributed by atoms with Crippen LogP contribution >= 0.6 is 0 Å². The Hall–Kier alpha value is -1.10. The minimum absolute atomic E-state index is 0.0154. The summed E-state index contributed by atoms with van der Waals surface area (Å²) in [5, 5.41) is 2.98. The summed E-state index contributed by atoms with van der Waals surface area (Å²) in [6.07, 6.45) is 6.61. The smallest absolute Gasteiger partial charge is 0.248 e. The molecule has 0 aromatic heterocycles. The van der Waals surface area contributed by atoms with Gasteiger partial charge in [-0.15, -0.1) is 0 Å². The molecule has 0 radical (unpaired) electrons. The fraction of sp³-hybridized carbons (Fsp3) is 0.867. The number of amides is 2. The van der Waals surface area contributed by atoms with Crippen LogP contribution in [0.3, 0.4) is 0 Å². The summed E-state index contributed by atoms with van der Waals surface area (Å²) in [6, 6.07) is 0. The molecule has 5 heteroatoms. The third-order valence-electron chi connectivity index (χ3n) is 4.70. The second-order valence-corrected chi connectivity index (χ2v) is 6.40. The van der Waals surface area contributed by atoms with Crippen LogP contribution in [0.4, 0.5) is 0 Å². The van der Waals surface area contributed by atoms with Gasteiger partial charge in [0.1, 0.15) is 5.54 Å². The van der Waals surface area contributed by atoms with E-state index in [1.807, 2.05) is 4.90 Å². The Bertz CT molecular complexity index is 387. The summed E-state index contributed by atoms with van der Waals surface area (Å²) in [5.41, 5.74) is -0.607. The molecule has 1 heterocycles. The number of rotatable bonds is 5. The highest BCUT2D eigenvalue weighted by atomic mass is 16.5. The van der Waals surface area contributed by atoms with Crippen molar-refractivity contribution in [3.63, 3.8) is 0 Å². The lowest BCUT2D eigenvalue weighted by atomic mass is 9.96. The predicted octanol–water partition coefficient (Wildman–Crippen LogP) is 1.07. The van der Waals surface area contributed by atoms with Gasteiger partial charge in [-0.2, -0.15) is 0 Å². The van der Waals surface area contributed by atoms with E-state index in [1.165, 1.54) is 12.8 Å².